The molecule has 0 unspecified atom stereocenters. The van der Waals surface area contributed by atoms with Gasteiger partial charge in [-0.15, -0.1) is 0 Å². The molecule has 0 spiro atoms. The first-order valence-corrected chi connectivity index (χ1v) is 10.2. The van der Waals surface area contributed by atoms with Crippen LogP contribution in [0.25, 0.3) is 11.0 Å². The van der Waals surface area contributed by atoms with Gasteiger partial charge in [-0.05, 0) is 42.7 Å². The number of para-hydroxylation sites is 2. The number of rotatable bonds is 5. The molecule has 1 atom stereocenters. The molecule has 2 heterocycles. The number of carbonyl (C=O) groups is 1. The van der Waals surface area contributed by atoms with Gasteiger partial charge in [-0.1, -0.05) is 32.0 Å². The van der Waals surface area contributed by atoms with Crippen molar-refractivity contribution in [2.75, 3.05) is 11.4 Å². The highest BCUT2D eigenvalue weighted by molar-refractivity contribution is 5.96. The molecule has 0 N–H and O–H groups in total. The van der Waals surface area contributed by atoms with Crippen LogP contribution in [0, 0.1) is 5.92 Å². The lowest BCUT2D eigenvalue weighted by molar-refractivity contribution is -0.137. The number of alkyl halides is 3. The van der Waals surface area contributed by atoms with E-state index in [2.05, 4.69) is 18.4 Å². The maximum absolute atomic E-state index is 13.1. The van der Waals surface area contributed by atoms with Crippen LogP contribution in [0.3, 0.4) is 0 Å². The summed E-state index contributed by atoms with van der Waals surface area (Å²) in [6, 6.07) is 12.8. The summed E-state index contributed by atoms with van der Waals surface area (Å²) in [7, 11) is 0. The van der Waals surface area contributed by atoms with E-state index in [4.69, 9.17) is 4.98 Å². The van der Waals surface area contributed by atoms with Crippen LogP contribution in [0.4, 0.5) is 18.9 Å². The standard InChI is InChI=1S/C23H24F3N3O/c1-15(2)10-11-28-20-9-4-3-8-19(20)27-22(28)16-12-21(30)29(14-16)18-7-5-6-17(13-18)23(24,25)26/h3-9,13,15-16H,10-12,14H2,1-2H3/t16-/m1/s1. The van der Waals surface area contributed by atoms with Crippen LogP contribution in [-0.2, 0) is 17.5 Å². The van der Waals surface area contributed by atoms with E-state index in [0.717, 1.165) is 42.0 Å². The van der Waals surface area contributed by atoms with Crippen LogP contribution >= 0.6 is 0 Å². The summed E-state index contributed by atoms with van der Waals surface area (Å²) in [4.78, 5) is 19.0. The molecule has 0 aliphatic carbocycles. The Kier molecular flexibility index (Phi) is 5.30. The highest BCUT2D eigenvalue weighted by atomic mass is 19.4. The molecular formula is C23H24F3N3O. The number of benzene rings is 2. The highest BCUT2D eigenvalue weighted by Crippen LogP contribution is 2.36. The molecular weight excluding hydrogens is 391 g/mol. The molecule has 0 radical (unpaired) electrons. The number of anilines is 1. The Morgan fingerprint density at radius 3 is 2.63 bits per heavy atom. The Labute approximate surface area is 173 Å². The number of hydrogen-bond donors (Lipinski definition) is 0. The van der Waals surface area contributed by atoms with Crippen LogP contribution < -0.4 is 4.90 Å². The SMILES string of the molecule is CC(C)CCn1c([C@@H]2CC(=O)N(c3cccc(C(F)(F)F)c3)C2)nc2ccccc21. The lowest BCUT2D eigenvalue weighted by atomic mass is 10.1. The quantitative estimate of drug-likeness (QED) is 0.542. The average molecular weight is 415 g/mol. The molecule has 3 aromatic rings. The van der Waals surface area contributed by atoms with Crippen molar-refractivity contribution in [1.29, 1.82) is 0 Å². The van der Waals surface area contributed by atoms with Gasteiger partial charge in [0.15, 0.2) is 0 Å². The average Bonchev–Trinajstić information content (AvgIpc) is 3.26. The number of aromatic nitrogens is 2. The Balaban J connectivity index is 1.66. The molecule has 1 amide bonds. The predicted octanol–water partition coefficient (Wildman–Crippen LogP) is 5.62. The minimum absolute atomic E-state index is 0.161. The molecule has 4 rings (SSSR count). The van der Waals surface area contributed by atoms with E-state index in [-0.39, 0.29) is 23.9 Å². The number of aryl methyl sites for hydroxylation is 1. The Morgan fingerprint density at radius 1 is 1.13 bits per heavy atom. The maximum Gasteiger partial charge on any atom is 0.416 e. The van der Waals surface area contributed by atoms with Gasteiger partial charge < -0.3 is 9.47 Å². The van der Waals surface area contributed by atoms with Gasteiger partial charge in [0.05, 0.1) is 16.6 Å². The largest absolute Gasteiger partial charge is 0.416 e. The number of halogens is 3. The van der Waals surface area contributed by atoms with Crippen molar-refractivity contribution < 1.29 is 18.0 Å². The lowest BCUT2D eigenvalue weighted by Crippen LogP contribution is -2.25. The molecule has 7 heteroatoms. The first kappa shape index (κ1) is 20.4. The number of amides is 1. The van der Waals surface area contributed by atoms with Crippen LogP contribution in [0.15, 0.2) is 48.5 Å². The third-order valence-corrected chi connectivity index (χ3v) is 5.59. The number of carbonyl (C=O) groups excluding carboxylic acids is 1. The molecule has 1 fully saturated rings. The van der Waals surface area contributed by atoms with E-state index in [9.17, 15) is 18.0 Å². The van der Waals surface area contributed by atoms with Crippen LogP contribution in [0.1, 0.15) is 44.0 Å². The molecule has 0 bridgehead atoms. The van der Waals surface area contributed by atoms with Crippen LogP contribution in [0.5, 0.6) is 0 Å². The summed E-state index contributed by atoms with van der Waals surface area (Å²) in [6.07, 6.45) is -3.23. The lowest BCUT2D eigenvalue weighted by Gasteiger charge is -2.19. The van der Waals surface area contributed by atoms with Gasteiger partial charge in [0.2, 0.25) is 5.91 Å². The number of hydrogen-bond acceptors (Lipinski definition) is 2. The second-order valence-corrected chi connectivity index (χ2v) is 8.25. The highest BCUT2D eigenvalue weighted by Gasteiger charge is 2.36. The molecule has 1 aliphatic rings. The van der Waals surface area contributed by atoms with E-state index in [0.29, 0.717) is 12.5 Å². The second kappa shape index (κ2) is 7.78. The van der Waals surface area contributed by atoms with E-state index in [1.807, 2.05) is 24.3 Å². The zero-order valence-corrected chi connectivity index (χ0v) is 17.0. The molecule has 158 valence electrons. The van der Waals surface area contributed by atoms with Gasteiger partial charge in [-0.3, -0.25) is 4.79 Å². The second-order valence-electron chi connectivity index (χ2n) is 8.25. The first-order chi connectivity index (χ1) is 14.2. The minimum Gasteiger partial charge on any atom is -0.328 e. The summed E-state index contributed by atoms with van der Waals surface area (Å²) < 4.78 is 41.5. The molecule has 30 heavy (non-hydrogen) atoms. The van der Waals surface area contributed by atoms with Gasteiger partial charge in [-0.25, -0.2) is 4.98 Å². The van der Waals surface area contributed by atoms with Gasteiger partial charge in [0.1, 0.15) is 5.82 Å². The zero-order chi connectivity index (χ0) is 21.5. The normalized spacial score (nSPS) is 17.5. The third-order valence-electron chi connectivity index (χ3n) is 5.59. The third kappa shape index (κ3) is 3.93. The van der Waals surface area contributed by atoms with Gasteiger partial charge in [0.25, 0.3) is 0 Å². The predicted molar refractivity (Wildman–Crippen MR) is 110 cm³/mol. The minimum atomic E-state index is -4.44. The number of fused-ring (bicyclic) bond motifs is 1. The summed E-state index contributed by atoms with van der Waals surface area (Å²) in [5.41, 5.74) is 1.43. The topological polar surface area (TPSA) is 38.1 Å². The van der Waals surface area contributed by atoms with E-state index < -0.39 is 11.7 Å². The maximum atomic E-state index is 13.1. The molecule has 4 nitrogen and oxygen atoms in total. The Hall–Kier alpha value is -2.83. The summed E-state index contributed by atoms with van der Waals surface area (Å²) in [5.74, 6) is 1.01. The van der Waals surface area contributed by atoms with Crippen LogP contribution in [-0.4, -0.2) is 22.0 Å². The summed E-state index contributed by atoms with van der Waals surface area (Å²) in [5, 5.41) is 0. The fourth-order valence-corrected chi connectivity index (χ4v) is 4.01. The van der Waals surface area contributed by atoms with Crippen LogP contribution in [0.2, 0.25) is 0 Å². The van der Waals surface area contributed by atoms with Crippen molar-refractivity contribution in [3.05, 3.63) is 59.9 Å². The summed E-state index contributed by atoms with van der Waals surface area (Å²) >= 11 is 0. The van der Waals surface area contributed by atoms with Crippen molar-refractivity contribution in [3.8, 4) is 0 Å². The monoisotopic (exact) mass is 415 g/mol. The smallest absolute Gasteiger partial charge is 0.328 e. The van der Waals surface area contributed by atoms with Crippen molar-refractivity contribution >= 4 is 22.6 Å². The fourth-order valence-electron chi connectivity index (χ4n) is 4.01. The molecule has 1 aromatic heterocycles. The first-order valence-electron chi connectivity index (χ1n) is 10.2. The van der Waals surface area contributed by atoms with Crippen molar-refractivity contribution in [2.24, 2.45) is 5.92 Å². The van der Waals surface area contributed by atoms with E-state index >= 15 is 0 Å². The van der Waals surface area contributed by atoms with Gasteiger partial charge in [-0.2, -0.15) is 13.2 Å². The van der Waals surface area contributed by atoms with Gasteiger partial charge >= 0.3 is 6.18 Å². The summed E-state index contributed by atoms with van der Waals surface area (Å²) in [6.45, 7) is 5.44. The van der Waals surface area contributed by atoms with Crippen molar-refractivity contribution in [1.82, 2.24) is 9.55 Å². The Bertz CT molecular complexity index is 1070. The van der Waals surface area contributed by atoms with E-state index in [1.165, 1.54) is 11.0 Å². The zero-order valence-electron chi connectivity index (χ0n) is 17.0. The van der Waals surface area contributed by atoms with E-state index in [1.54, 1.807) is 6.07 Å². The number of imidazole rings is 1. The molecule has 0 saturated carbocycles. The van der Waals surface area contributed by atoms with Crippen molar-refractivity contribution in [3.63, 3.8) is 0 Å². The Morgan fingerprint density at radius 2 is 1.90 bits per heavy atom. The van der Waals surface area contributed by atoms with Gasteiger partial charge in [0, 0.05) is 31.1 Å². The fraction of sp³-hybridized carbons (Fsp3) is 0.391. The molecule has 1 aliphatic heterocycles. The number of nitrogens with zero attached hydrogens (tertiary/aromatic N) is 3. The molecule has 1 saturated heterocycles. The molecule has 2 aromatic carbocycles. The van der Waals surface area contributed by atoms with Crippen molar-refractivity contribution in [2.45, 2.75) is 45.3 Å².